The lowest BCUT2D eigenvalue weighted by molar-refractivity contribution is -0.143. The Morgan fingerprint density at radius 1 is 1.09 bits per heavy atom. The Morgan fingerprint density at radius 3 is 2.27 bits per heavy atom. The Morgan fingerprint density at radius 2 is 1.73 bits per heavy atom. The van der Waals surface area contributed by atoms with Gasteiger partial charge in [0.1, 0.15) is 23.0 Å². The molecule has 1 aliphatic heterocycles. The van der Waals surface area contributed by atoms with E-state index >= 15 is 0 Å². The first-order valence-electron chi connectivity index (χ1n) is 9.93. The molecule has 0 N–H and O–H groups in total. The van der Waals surface area contributed by atoms with Crippen LogP contribution in [-0.4, -0.2) is 12.7 Å². The molecule has 0 aromatic heterocycles. The van der Waals surface area contributed by atoms with Gasteiger partial charge in [-0.15, -0.1) is 0 Å². The SMILES string of the molecule is C=C/C(F)=C(\C(F)=C/Cc1ccc(C2CCCO2)cc1)C(F)(F)Oc1cc(F)c(F)c(F)c1. The predicted octanol–water partition coefficient (Wildman–Crippen LogP) is 7.43. The Kier molecular flexibility index (Phi) is 7.63. The monoisotopic (exact) mass is 472 g/mol. The third-order valence-corrected chi connectivity index (χ3v) is 4.95. The molecule has 1 heterocycles. The van der Waals surface area contributed by atoms with Gasteiger partial charge in [-0.05, 0) is 42.5 Å². The first-order chi connectivity index (χ1) is 15.6. The van der Waals surface area contributed by atoms with Gasteiger partial charge >= 0.3 is 6.11 Å². The summed E-state index contributed by atoms with van der Waals surface area (Å²) in [6.45, 7) is 3.66. The normalized spacial score (nSPS) is 17.7. The largest absolute Gasteiger partial charge is 0.432 e. The van der Waals surface area contributed by atoms with Crippen molar-refractivity contribution in [1.29, 1.82) is 0 Å². The lowest BCUT2D eigenvalue weighted by Gasteiger charge is -2.20. The average Bonchev–Trinajstić information content (AvgIpc) is 3.30. The number of alkyl halides is 2. The van der Waals surface area contributed by atoms with Crippen molar-refractivity contribution >= 4 is 0 Å². The smallest absolute Gasteiger partial charge is 0.429 e. The molecule has 2 aromatic rings. The number of ether oxygens (including phenoxy) is 2. The zero-order valence-electron chi connectivity index (χ0n) is 17.2. The molecule has 0 saturated carbocycles. The molecular formula is C24H19F7O2. The van der Waals surface area contributed by atoms with Crippen LogP contribution in [0.3, 0.4) is 0 Å². The standard InChI is InChI=1S/C24H19F7O2/c1-2-17(25)22(24(30,31)33-16-12-19(27)23(29)20(28)13-16)18(26)10-7-14-5-8-15(9-6-14)21-4-3-11-32-21/h2,5-6,8-10,12-13,21H,1,3-4,7,11H2/b18-10+,22-17-. The van der Waals surface area contributed by atoms with Gasteiger partial charge < -0.3 is 9.47 Å². The second kappa shape index (κ2) is 10.2. The highest BCUT2D eigenvalue weighted by Gasteiger charge is 2.43. The molecule has 3 rings (SSSR count). The van der Waals surface area contributed by atoms with Crippen LogP contribution in [0.15, 0.2) is 72.4 Å². The molecule has 1 saturated heterocycles. The van der Waals surface area contributed by atoms with Gasteiger partial charge in [0, 0.05) is 18.7 Å². The molecule has 0 spiro atoms. The molecule has 1 fully saturated rings. The van der Waals surface area contributed by atoms with Crippen molar-refractivity contribution in [3.63, 3.8) is 0 Å². The summed E-state index contributed by atoms with van der Waals surface area (Å²) in [6, 6.07) is 7.13. The van der Waals surface area contributed by atoms with Crippen molar-refractivity contribution in [3.8, 4) is 5.75 Å². The topological polar surface area (TPSA) is 18.5 Å². The maximum atomic E-state index is 14.7. The predicted molar refractivity (Wildman–Crippen MR) is 107 cm³/mol. The van der Waals surface area contributed by atoms with Gasteiger partial charge in [0.15, 0.2) is 17.5 Å². The molecule has 33 heavy (non-hydrogen) atoms. The van der Waals surface area contributed by atoms with Gasteiger partial charge in [0.25, 0.3) is 0 Å². The summed E-state index contributed by atoms with van der Waals surface area (Å²) in [5.41, 5.74) is -0.339. The van der Waals surface area contributed by atoms with E-state index in [2.05, 4.69) is 11.3 Å². The second-order valence-electron chi connectivity index (χ2n) is 7.25. The Hall–Kier alpha value is -3.07. The number of hydrogen-bond acceptors (Lipinski definition) is 2. The zero-order valence-corrected chi connectivity index (χ0v) is 17.2. The first kappa shape index (κ1) is 24.6. The van der Waals surface area contributed by atoms with E-state index in [0.29, 0.717) is 24.3 Å². The summed E-state index contributed by atoms with van der Waals surface area (Å²) in [7, 11) is 0. The highest BCUT2D eigenvalue weighted by molar-refractivity contribution is 5.39. The molecule has 0 amide bonds. The number of hydrogen-bond donors (Lipinski definition) is 0. The summed E-state index contributed by atoms with van der Waals surface area (Å²) in [6.07, 6.45) is -2.03. The summed E-state index contributed by atoms with van der Waals surface area (Å²) in [5.74, 6) is -10.1. The van der Waals surface area contributed by atoms with Crippen molar-refractivity contribution in [1.82, 2.24) is 0 Å². The Balaban J connectivity index is 1.81. The molecule has 1 unspecified atom stereocenters. The minimum absolute atomic E-state index is 0.0282. The van der Waals surface area contributed by atoms with E-state index in [1.165, 1.54) is 0 Å². The number of allylic oxidation sites excluding steroid dienone is 3. The summed E-state index contributed by atoms with van der Waals surface area (Å²) in [4.78, 5) is 0. The van der Waals surface area contributed by atoms with E-state index in [1.54, 1.807) is 24.3 Å². The molecule has 0 radical (unpaired) electrons. The summed E-state index contributed by atoms with van der Waals surface area (Å²) < 4.78 is 107. The van der Waals surface area contributed by atoms with Crippen molar-refractivity contribution in [2.24, 2.45) is 0 Å². The maximum absolute atomic E-state index is 14.7. The van der Waals surface area contributed by atoms with Gasteiger partial charge in [-0.3, -0.25) is 0 Å². The lowest BCUT2D eigenvalue weighted by Crippen LogP contribution is -2.29. The lowest BCUT2D eigenvalue weighted by atomic mass is 10.0. The number of benzene rings is 2. The average molecular weight is 472 g/mol. The van der Waals surface area contributed by atoms with E-state index in [0.717, 1.165) is 18.4 Å². The third-order valence-electron chi connectivity index (χ3n) is 4.95. The van der Waals surface area contributed by atoms with Crippen LogP contribution in [0.1, 0.15) is 30.1 Å². The molecule has 0 aliphatic carbocycles. The van der Waals surface area contributed by atoms with E-state index in [9.17, 15) is 30.7 Å². The van der Waals surface area contributed by atoms with Crippen LogP contribution in [0.4, 0.5) is 30.7 Å². The molecule has 9 heteroatoms. The van der Waals surface area contributed by atoms with Crippen LogP contribution in [0.5, 0.6) is 5.75 Å². The molecule has 1 atom stereocenters. The van der Waals surface area contributed by atoms with E-state index in [4.69, 9.17) is 4.74 Å². The van der Waals surface area contributed by atoms with Crippen LogP contribution in [0.2, 0.25) is 0 Å². The van der Waals surface area contributed by atoms with Gasteiger partial charge in [-0.25, -0.2) is 22.0 Å². The maximum Gasteiger partial charge on any atom is 0.432 e. The first-order valence-corrected chi connectivity index (χ1v) is 9.93. The summed E-state index contributed by atoms with van der Waals surface area (Å²) >= 11 is 0. The third kappa shape index (κ3) is 5.84. The van der Waals surface area contributed by atoms with E-state index < -0.39 is 46.5 Å². The minimum atomic E-state index is -4.70. The minimum Gasteiger partial charge on any atom is -0.429 e. The van der Waals surface area contributed by atoms with Crippen molar-refractivity contribution in [2.45, 2.75) is 31.5 Å². The number of halogens is 7. The van der Waals surface area contributed by atoms with Gasteiger partial charge in [-0.1, -0.05) is 30.8 Å². The fraction of sp³-hybridized carbons (Fsp3) is 0.250. The molecule has 2 nitrogen and oxygen atoms in total. The second-order valence-corrected chi connectivity index (χ2v) is 7.25. The van der Waals surface area contributed by atoms with Crippen LogP contribution < -0.4 is 4.74 Å². The molecular weight excluding hydrogens is 453 g/mol. The van der Waals surface area contributed by atoms with E-state index in [1.807, 2.05) is 0 Å². The molecule has 0 bridgehead atoms. The van der Waals surface area contributed by atoms with Crippen LogP contribution in [-0.2, 0) is 11.2 Å². The van der Waals surface area contributed by atoms with Crippen LogP contribution >= 0.6 is 0 Å². The van der Waals surface area contributed by atoms with Crippen molar-refractivity contribution < 1.29 is 40.2 Å². The molecule has 176 valence electrons. The van der Waals surface area contributed by atoms with Crippen molar-refractivity contribution in [2.75, 3.05) is 6.61 Å². The number of rotatable bonds is 8. The summed E-state index contributed by atoms with van der Waals surface area (Å²) in [5, 5.41) is 0. The Bertz CT molecular complexity index is 1050. The zero-order chi connectivity index (χ0) is 24.2. The fourth-order valence-electron chi connectivity index (χ4n) is 3.30. The molecule has 2 aromatic carbocycles. The fourth-order valence-corrected chi connectivity index (χ4v) is 3.30. The van der Waals surface area contributed by atoms with Gasteiger partial charge in [0.05, 0.1) is 6.10 Å². The van der Waals surface area contributed by atoms with Crippen LogP contribution in [0.25, 0.3) is 0 Å². The highest BCUT2D eigenvalue weighted by atomic mass is 19.3. The van der Waals surface area contributed by atoms with Gasteiger partial charge in [-0.2, -0.15) is 8.78 Å². The quantitative estimate of drug-likeness (QED) is 0.226. The van der Waals surface area contributed by atoms with Crippen molar-refractivity contribution in [3.05, 3.63) is 101 Å². The van der Waals surface area contributed by atoms with E-state index in [-0.39, 0.29) is 24.7 Å². The van der Waals surface area contributed by atoms with Crippen LogP contribution in [0, 0.1) is 17.5 Å². The highest BCUT2D eigenvalue weighted by Crippen LogP contribution is 2.37. The van der Waals surface area contributed by atoms with Gasteiger partial charge in [0.2, 0.25) is 0 Å². The molecule has 1 aliphatic rings. The Labute approximate surface area is 185 Å².